The molecule has 0 aliphatic heterocycles. The molecule has 1 aromatic carbocycles. The van der Waals surface area contributed by atoms with Gasteiger partial charge < -0.3 is 14.6 Å². The number of rotatable bonds is 4. The molecule has 8 heteroatoms. The van der Waals surface area contributed by atoms with E-state index in [0.29, 0.717) is 38.7 Å². The van der Waals surface area contributed by atoms with Gasteiger partial charge in [0.25, 0.3) is 5.89 Å². The molecule has 0 aliphatic carbocycles. The van der Waals surface area contributed by atoms with E-state index in [-0.39, 0.29) is 0 Å². The number of furan rings is 1. The number of aromatic nitrogens is 2. The van der Waals surface area contributed by atoms with E-state index in [2.05, 4.69) is 26.1 Å². The Morgan fingerprint density at radius 2 is 2.05 bits per heavy atom. The SMILES string of the molecule is Nc1ccc(SCc2nnc(-c3ccc(Br)o3)o2)c(Cl)c1. The summed E-state index contributed by atoms with van der Waals surface area (Å²) in [6.07, 6.45) is 0. The summed E-state index contributed by atoms with van der Waals surface area (Å²) in [5.74, 6) is 1.88. The maximum Gasteiger partial charge on any atom is 0.283 e. The molecule has 21 heavy (non-hydrogen) atoms. The summed E-state index contributed by atoms with van der Waals surface area (Å²) >= 11 is 10.8. The van der Waals surface area contributed by atoms with Crippen LogP contribution in [0.25, 0.3) is 11.7 Å². The first kappa shape index (κ1) is 14.5. The molecule has 0 unspecified atom stereocenters. The summed E-state index contributed by atoms with van der Waals surface area (Å²) in [6, 6.07) is 8.90. The van der Waals surface area contributed by atoms with Crippen LogP contribution in [-0.2, 0) is 5.75 Å². The lowest BCUT2D eigenvalue weighted by molar-refractivity contribution is 0.486. The smallest absolute Gasteiger partial charge is 0.283 e. The van der Waals surface area contributed by atoms with Gasteiger partial charge in [-0.2, -0.15) is 0 Å². The Labute approximate surface area is 138 Å². The van der Waals surface area contributed by atoms with Crippen molar-refractivity contribution in [2.75, 3.05) is 5.73 Å². The Balaban J connectivity index is 1.70. The molecule has 3 rings (SSSR count). The van der Waals surface area contributed by atoms with Crippen LogP contribution in [0.3, 0.4) is 0 Å². The number of nitrogens with two attached hydrogens (primary N) is 1. The van der Waals surface area contributed by atoms with Gasteiger partial charge in [0, 0.05) is 10.6 Å². The Bertz CT molecular complexity index is 774. The second-order valence-electron chi connectivity index (χ2n) is 4.08. The number of thioether (sulfide) groups is 1. The van der Waals surface area contributed by atoms with E-state index >= 15 is 0 Å². The van der Waals surface area contributed by atoms with E-state index < -0.39 is 0 Å². The summed E-state index contributed by atoms with van der Waals surface area (Å²) < 4.78 is 11.5. The van der Waals surface area contributed by atoms with Crippen molar-refractivity contribution in [3.63, 3.8) is 0 Å². The maximum atomic E-state index is 6.11. The van der Waals surface area contributed by atoms with E-state index in [1.165, 1.54) is 11.8 Å². The fraction of sp³-hybridized carbons (Fsp3) is 0.0769. The second-order valence-corrected chi connectivity index (χ2v) is 6.29. The lowest BCUT2D eigenvalue weighted by atomic mass is 10.3. The third-order valence-corrected chi connectivity index (χ3v) is 4.47. The lowest BCUT2D eigenvalue weighted by Crippen LogP contribution is -1.85. The lowest BCUT2D eigenvalue weighted by Gasteiger charge is -2.02. The van der Waals surface area contributed by atoms with Gasteiger partial charge in [0.05, 0.1) is 10.8 Å². The van der Waals surface area contributed by atoms with Gasteiger partial charge >= 0.3 is 0 Å². The summed E-state index contributed by atoms with van der Waals surface area (Å²) in [5.41, 5.74) is 6.29. The molecule has 0 bridgehead atoms. The molecule has 5 nitrogen and oxygen atoms in total. The zero-order valence-corrected chi connectivity index (χ0v) is 13.7. The predicted octanol–water partition coefficient (Wildman–Crippen LogP) is 4.62. The normalized spacial score (nSPS) is 11.0. The van der Waals surface area contributed by atoms with E-state index in [9.17, 15) is 0 Å². The zero-order chi connectivity index (χ0) is 14.8. The van der Waals surface area contributed by atoms with E-state index in [0.717, 1.165) is 4.90 Å². The highest BCUT2D eigenvalue weighted by Gasteiger charge is 2.13. The van der Waals surface area contributed by atoms with Crippen LogP contribution in [0.5, 0.6) is 0 Å². The number of benzene rings is 1. The Morgan fingerprint density at radius 1 is 1.19 bits per heavy atom. The molecule has 0 atom stereocenters. The number of hydrogen-bond donors (Lipinski definition) is 1. The molecule has 0 spiro atoms. The molecule has 2 heterocycles. The van der Waals surface area contributed by atoms with E-state index in [4.69, 9.17) is 26.2 Å². The van der Waals surface area contributed by atoms with Crippen molar-refractivity contribution in [3.8, 4) is 11.7 Å². The first-order valence-corrected chi connectivity index (χ1v) is 8.03. The Kier molecular flexibility index (Phi) is 4.23. The molecule has 0 aliphatic rings. The number of halogens is 2. The minimum Gasteiger partial charge on any atom is -0.444 e. The average molecular weight is 387 g/mol. The molecule has 0 saturated heterocycles. The maximum absolute atomic E-state index is 6.11. The number of nitrogens with zero attached hydrogens (tertiary/aromatic N) is 2. The van der Waals surface area contributed by atoms with Crippen LogP contribution in [0, 0.1) is 0 Å². The first-order valence-electron chi connectivity index (χ1n) is 5.88. The summed E-state index contributed by atoms with van der Waals surface area (Å²) in [6.45, 7) is 0. The van der Waals surface area contributed by atoms with Crippen molar-refractivity contribution in [1.82, 2.24) is 10.2 Å². The van der Waals surface area contributed by atoms with Crippen LogP contribution in [-0.4, -0.2) is 10.2 Å². The van der Waals surface area contributed by atoms with Crippen LogP contribution in [0.2, 0.25) is 5.02 Å². The number of nitrogen functional groups attached to an aromatic ring is 1. The van der Waals surface area contributed by atoms with Crippen LogP contribution < -0.4 is 5.73 Å². The van der Waals surface area contributed by atoms with Crippen molar-refractivity contribution in [2.24, 2.45) is 0 Å². The largest absolute Gasteiger partial charge is 0.444 e. The van der Waals surface area contributed by atoms with Crippen LogP contribution >= 0.6 is 39.3 Å². The summed E-state index contributed by atoms with van der Waals surface area (Å²) in [5, 5.41) is 8.54. The predicted molar refractivity (Wildman–Crippen MR) is 85.1 cm³/mol. The third kappa shape index (κ3) is 3.42. The quantitative estimate of drug-likeness (QED) is 0.520. The van der Waals surface area contributed by atoms with Gasteiger partial charge in [-0.3, -0.25) is 0 Å². The minimum atomic E-state index is 0.347. The van der Waals surface area contributed by atoms with Gasteiger partial charge in [0.15, 0.2) is 10.4 Å². The highest BCUT2D eigenvalue weighted by Crippen LogP contribution is 2.31. The van der Waals surface area contributed by atoms with Gasteiger partial charge in [0.1, 0.15) is 0 Å². The Hall–Kier alpha value is -1.44. The second kappa shape index (κ2) is 6.13. The fourth-order valence-corrected chi connectivity index (χ4v) is 3.03. The highest BCUT2D eigenvalue weighted by molar-refractivity contribution is 9.10. The third-order valence-electron chi connectivity index (χ3n) is 2.56. The van der Waals surface area contributed by atoms with Crippen LogP contribution in [0.1, 0.15) is 5.89 Å². The fourth-order valence-electron chi connectivity index (χ4n) is 1.61. The van der Waals surface area contributed by atoms with E-state index in [1.54, 1.807) is 24.3 Å². The van der Waals surface area contributed by atoms with Gasteiger partial charge in [0.2, 0.25) is 5.89 Å². The van der Waals surface area contributed by atoms with Crippen molar-refractivity contribution >= 4 is 45.0 Å². The zero-order valence-electron chi connectivity index (χ0n) is 10.5. The average Bonchev–Trinajstić information content (AvgIpc) is 3.06. The summed E-state index contributed by atoms with van der Waals surface area (Å²) in [4.78, 5) is 0.909. The van der Waals surface area contributed by atoms with Crippen molar-refractivity contribution in [3.05, 3.63) is 45.9 Å². The topological polar surface area (TPSA) is 78.1 Å². The standard InChI is InChI=1S/C13H9BrClN3O2S/c14-11-4-2-9(19-11)13-18-17-12(20-13)6-21-10-3-1-7(16)5-8(10)15/h1-5H,6,16H2. The molecular weight excluding hydrogens is 378 g/mol. The van der Waals surface area contributed by atoms with Gasteiger partial charge in [-0.25, -0.2) is 0 Å². The molecule has 2 aromatic heterocycles. The summed E-state index contributed by atoms with van der Waals surface area (Å²) in [7, 11) is 0. The number of anilines is 1. The van der Waals surface area contributed by atoms with Crippen molar-refractivity contribution < 1.29 is 8.83 Å². The molecule has 0 amide bonds. The van der Waals surface area contributed by atoms with Gasteiger partial charge in [-0.1, -0.05) is 11.6 Å². The van der Waals surface area contributed by atoms with Gasteiger partial charge in [-0.15, -0.1) is 22.0 Å². The molecule has 0 radical (unpaired) electrons. The van der Waals surface area contributed by atoms with Gasteiger partial charge in [-0.05, 0) is 46.3 Å². The van der Waals surface area contributed by atoms with Crippen molar-refractivity contribution in [2.45, 2.75) is 10.6 Å². The monoisotopic (exact) mass is 385 g/mol. The molecule has 3 aromatic rings. The minimum absolute atomic E-state index is 0.347. The molecule has 0 fully saturated rings. The highest BCUT2D eigenvalue weighted by atomic mass is 79.9. The molecule has 108 valence electrons. The van der Waals surface area contributed by atoms with Crippen molar-refractivity contribution in [1.29, 1.82) is 0 Å². The Morgan fingerprint density at radius 3 is 2.76 bits per heavy atom. The van der Waals surface area contributed by atoms with E-state index in [1.807, 2.05) is 6.07 Å². The van der Waals surface area contributed by atoms with Crippen LogP contribution in [0.15, 0.2) is 48.7 Å². The first-order chi connectivity index (χ1) is 10.1. The number of hydrogen-bond acceptors (Lipinski definition) is 6. The molecule has 0 saturated carbocycles. The van der Waals surface area contributed by atoms with Crippen LogP contribution in [0.4, 0.5) is 5.69 Å². The molecular formula is C13H9BrClN3O2S. The molecule has 2 N–H and O–H groups in total.